The summed E-state index contributed by atoms with van der Waals surface area (Å²) in [5.41, 5.74) is 2.24. The van der Waals surface area contributed by atoms with Crippen molar-refractivity contribution in [1.82, 2.24) is 4.90 Å². The lowest BCUT2D eigenvalue weighted by molar-refractivity contribution is -0.131. The van der Waals surface area contributed by atoms with Crippen molar-refractivity contribution < 1.29 is 9.59 Å². The van der Waals surface area contributed by atoms with E-state index in [0.717, 1.165) is 11.3 Å². The van der Waals surface area contributed by atoms with Gasteiger partial charge in [-0.2, -0.15) is 0 Å². The van der Waals surface area contributed by atoms with E-state index in [9.17, 15) is 9.59 Å². The third-order valence-electron chi connectivity index (χ3n) is 2.09. The molecule has 3 heteroatoms. The van der Waals surface area contributed by atoms with Gasteiger partial charge in [0.2, 0.25) is 11.6 Å². The van der Waals surface area contributed by atoms with Crippen LogP contribution in [0.25, 0.3) is 0 Å². The number of hydrogen-bond donors (Lipinski definition) is 0. The first-order valence-electron chi connectivity index (χ1n) is 4.10. The van der Waals surface area contributed by atoms with Crippen LogP contribution in [0.3, 0.4) is 0 Å². The predicted octanol–water partition coefficient (Wildman–Crippen LogP) is 0.920. The molecule has 13 heavy (non-hydrogen) atoms. The highest BCUT2D eigenvalue weighted by molar-refractivity contribution is 6.48. The van der Waals surface area contributed by atoms with Crippen LogP contribution in [0.2, 0.25) is 0 Å². The Morgan fingerprint density at radius 1 is 1.15 bits per heavy atom. The monoisotopic (exact) mass is 179 g/mol. The minimum absolute atomic E-state index is 0.394. The van der Waals surface area contributed by atoms with E-state index < -0.39 is 11.6 Å². The molecular weight excluding hydrogens is 166 g/mol. The van der Waals surface area contributed by atoms with Gasteiger partial charge in [-0.05, 0) is 25.5 Å². The van der Waals surface area contributed by atoms with Gasteiger partial charge in [0.05, 0.1) is 0 Å². The first-order valence-corrected chi connectivity index (χ1v) is 4.10. The van der Waals surface area contributed by atoms with Crippen LogP contribution in [0.5, 0.6) is 0 Å². The van der Waals surface area contributed by atoms with Crippen molar-refractivity contribution in [3.63, 3.8) is 0 Å². The minimum atomic E-state index is -0.416. The van der Waals surface area contributed by atoms with Gasteiger partial charge in [-0.1, -0.05) is 0 Å². The largest absolute Gasteiger partial charge is 0.377 e. The van der Waals surface area contributed by atoms with Crippen LogP contribution < -0.4 is 0 Å². The molecule has 0 fully saturated rings. The maximum atomic E-state index is 11.3. The maximum absolute atomic E-state index is 11.3. The zero-order valence-corrected chi connectivity index (χ0v) is 8.34. The normalized spacial score (nSPS) is 17.7. The molecule has 1 aliphatic rings. The van der Waals surface area contributed by atoms with Crippen molar-refractivity contribution in [3.8, 4) is 0 Å². The summed E-state index contributed by atoms with van der Waals surface area (Å²) >= 11 is 0. The van der Waals surface area contributed by atoms with E-state index in [0.29, 0.717) is 5.57 Å². The van der Waals surface area contributed by atoms with Crippen LogP contribution in [-0.2, 0) is 9.59 Å². The summed E-state index contributed by atoms with van der Waals surface area (Å²) in [6.45, 7) is 3.52. The van der Waals surface area contributed by atoms with E-state index in [1.54, 1.807) is 6.92 Å². The Morgan fingerprint density at radius 3 is 2.15 bits per heavy atom. The standard InChI is InChI=1S/C10H13NO2/c1-6-5-8(12)10(13)7(2)9(6)11(3)4/h5H,1-4H3. The molecule has 0 spiro atoms. The zero-order valence-electron chi connectivity index (χ0n) is 8.34. The van der Waals surface area contributed by atoms with E-state index in [4.69, 9.17) is 0 Å². The van der Waals surface area contributed by atoms with Gasteiger partial charge >= 0.3 is 0 Å². The Kier molecular flexibility index (Phi) is 2.36. The number of likely N-dealkylation sites (N-methyl/N-ethyl adjacent to an activating group) is 1. The molecule has 0 atom stereocenters. The molecule has 1 rings (SSSR count). The Labute approximate surface area is 77.7 Å². The second kappa shape index (κ2) is 3.17. The van der Waals surface area contributed by atoms with E-state index in [2.05, 4.69) is 0 Å². The Balaban J connectivity index is 3.25. The van der Waals surface area contributed by atoms with Crippen molar-refractivity contribution in [2.24, 2.45) is 0 Å². The first-order chi connectivity index (χ1) is 5.95. The van der Waals surface area contributed by atoms with E-state index in [1.807, 2.05) is 25.9 Å². The van der Waals surface area contributed by atoms with Crippen molar-refractivity contribution in [2.75, 3.05) is 14.1 Å². The summed E-state index contributed by atoms with van der Waals surface area (Å²) in [6.07, 6.45) is 1.39. The fourth-order valence-electron chi connectivity index (χ4n) is 1.61. The van der Waals surface area contributed by atoms with Crippen LogP contribution >= 0.6 is 0 Å². The molecule has 0 aromatic rings. The number of Topliss-reactive ketones (excluding diaryl/α,β-unsaturated/α-hetero) is 1. The highest BCUT2D eigenvalue weighted by atomic mass is 16.2. The highest BCUT2D eigenvalue weighted by Crippen LogP contribution is 2.21. The minimum Gasteiger partial charge on any atom is -0.377 e. The van der Waals surface area contributed by atoms with Gasteiger partial charge in [-0.15, -0.1) is 0 Å². The summed E-state index contributed by atoms with van der Waals surface area (Å²) in [4.78, 5) is 24.3. The number of carbonyl (C=O) groups excluding carboxylic acids is 2. The second-order valence-corrected chi connectivity index (χ2v) is 3.39. The number of rotatable bonds is 1. The van der Waals surface area contributed by atoms with Crippen molar-refractivity contribution in [3.05, 3.63) is 22.9 Å². The summed E-state index contributed by atoms with van der Waals surface area (Å²) in [7, 11) is 3.72. The molecule has 0 unspecified atom stereocenters. The lowest BCUT2D eigenvalue weighted by atomic mass is 9.95. The summed E-state index contributed by atoms with van der Waals surface area (Å²) in [5, 5.41) is 0. The molecule has 0 aromatic heterocycles. The van der Waals surface area contributed by atoms with Gasteiger partial charge < -0.3 is 4.90 Å². The second-order valence-electron chi connectivity index (χ2n) is 3.39. The molecule has 0 bridgehead atoms. The molecular formula is C10H13NO2. The summed E-state index contributed by atoms with van der Waals surface area (Å²) < 4.78 is 0. The smallest absolute Gasteiger partial charge is 0.230 e. The molecule has 0 aliphatic heterocycles. The number of ketones is 2. The third-order valence-corrected chi connectivity index (χ3v) is 2.09. The van der Waals surface area contributed by atoms with Gasteiger partial charge in [-0.25, -0.2) is 0 Å². The Bertz CT molecular complexity index is 335. The Morgan fingerprint density at radius 2 is 1.69 bits per heavy atom. The molecule has 0 N–H and O–H groups in total. The number of carbonyl (C=O) groups is 2. The topological polar surface area (TPSA) is 37.4 Å². The van der Waals surface area contributed by atoms with Gasteiger partial charge in [0.15, 0.2) is 0 Å². The average Bonchev–Trinajstić information content (AvgIpc) is 1.99. The third kappa shape index (κ3) is 1.54. The predicted molar refractivity (Wildman–Crippen MR) is 50.2 cm³/mol. The SMILES string of the molecule is CC1=CC(=O)C(=O)C(C)=C1N(C)C. The molecule has 0 saturated heterocycles. The van der Waals surface area contributed by atoms with E-state index in [-0.39, 0.29) is 0 Å². The summed E-state index contributed by atoms with van der Waals surface area (Å²) in [6, 6.07) is 0. The Hall–Kier alpha value is -1.38. The number of hydrogen-bond acceptors (Lipinski definition) is 3. The first kappa shape index (κ1) is 9.71. The van der Waals surface area contributed by atoms with Crippen molar-refractivity contribution >= 4 is 11.6 Å². The fourth-order valence-corrected chi connectivity index (χ4v) is 1.61. The number of allylic oxidation sites excluding steroid dienone is 3. The molecule has 1 aliphatic carbocycles. The van der Waals surface area contributed by atoms with E-state index >= 15 is 0 Å². The van der Waals surface area contributed by atoms with Gasteiger partial charge in [0.1, 0.15) is 0 Å². The van der Waals surface area contributed by atoms with Crippen molar-refractivity contribution in [1.29, 1.82) is 0 Å². The highest BCUT2D eigenvalue weighted by Gasteiger charge is 2.24. The van der Waals surface area contributed by atoms with Crippen LogP contribution in [0.1, 0.15) is 13.8 Å². The van der Waals surface area contributed by atoms with Crippen molar-refractivity contribution in [2.45, 2.75) is 13.8 Å². The molecule has 0 radical (unpaired) electrons. The maximum Gasteiger partial charge on any atom is 0.230 e. The molecule has 0 aromatic carbocycles. The summed E-state index contributed by atoms with van der Waals surface area (Å²) in [5.74, 6) is -0.810. The molecule has 0 heterocycles. The van der Waals surface area contributed by atoms with Crippen LogP contribution in [0.4, 0.5) is 0 Å². The average molecular weight is 179 g/mol. The lowest BCUT2D eigenvalue weighted by Crippen LogP contribution is -2.25. The number of nitrogens with zero attached hydrogens (tertiary/aromatic N) is 1. The molecule has 70 valence electrons. The fraction of sp³-hybridized carbons (Fsp3) is 0.400. The van der Waals surface area contributed by atoms with E-state index in [1.165, 1.54) is 6.08 Å². The van der Waals surface area contributed by atoms with Crippen LogP contribution in [-0.4, -0.2) is 30.6 Å². The quantitative estimate of drug-likeness (QED) is 0.443. The van der Waals surface area contributed by atoms with Gasteiger partial charge in [-0.3, -0.25) is 9.59 Å². The zero-order chi connectivity index (χ0) is 10.2. The lowest BCUT2D eigenvalue weighted by Gasteiger charge is -2.22. The molecule has 3 nitrogen and oxygen atoms in total. The van der Waals surface area contributed by atoms with Crippen LogP contribution in [0.15, 0.2) is 22.9 Å². The van der Waals surface area contributed by atoms with Gasteiger partial charge in [0, 0.05) is 25.4 Å². The molecule has 0 saturated carbocycles. The molecule has 0 amide bonds. The van der Waals surface area contributed by atoms with Crippen LogP contribution in [0, 0.1) is 0 Å². The van der Waals surface area contributed by atoms with Gasteiger partial charge in [0.25, 0.3) is 0 Å².